The van der Waals surface area contributed by atoms with Crippen LogP contribution in [0, 0.1) is 29.0 Å². The van der Waals surface area contributed by atoms with Gasteiger partial charge in [0, 0.05) is 57.7 Å². The zero-order valence-electron chi connectivity index (χ0n) is 18.0. The van der Waals surface area contributed by atoms with Gasteiger partial charge in [0.2, 0.25) is 0 Å². The van der Waals surface area contributed by atoms with E-state index in [1.807, 2.05) is 24.3 Å². The van der Waals surface area contributed by atoms with Crippen molar-refractivity contribution in [2.45, 2.75) is 18.2 Å². The summed E-state index contributed by atoms with van der Waals surface area (Å²) in [5, 5.41) is 19.3. The fourth-order valence-corrected chi connectivity index (χ4v) is 5.79. The minimum Gasteiger partial charge on any atom is -0.396 e. The number of aliphatic hydroxyl groups is 1. The molecule has 2 aromatic carbocycles. The number of nitriles is 1. The zero-order chi connectivity index (χ0) is 22.1. The maximum atomic E-state index is 13.1. The molecule has 3 heterocycles. The smallest absolute Gasteiger partial charge is 0.123 e. The minimum atomic E-state index is -0.257. The van der Waals surface area contributed by atoms with E-state index >= 15 is 0 Å². The Bertz CT molecular complexity index is 1030. The molecule has 5 rings (SSSR count). The van der Waals surface area contributed by atoms with E-state index in [4.69, 9.17) is 4.74 Å². The standard InChI is InChI=1S/C26H28FN3O2/c27-22-8-6-19(7-9-22)5-2-10-29-14-24-23(16-31)25-15-30(18-26(24,17-29)32-25)13-21-4-1-3-20(11-21)12-28/h1-9,11,23-25,31H,10,13-18H2/b5-2+/t23-,24+,25+,26-/m0/s1. The third kappa shape index (κ3) is 4.10. The Kier molecular flexibility index (Phi) is 5.83. The molecule has 0 unspecified atom stereocenters. The number of hydrogen-bond acceptors (Lipinski definition) is 5. The molecule has 0 amide bonds. The largest absolute Gasteiger partial charge is 0.396 e. The highest BCUT2D eigenvalue weighted by Gasteiger charge is 2.61. The van der Waals surface area contributed by atoms with Crippen molar-refractivity contribution in [1.82, 2.24) is 9.80 Å². The van der Waals surface area contributed by atoms with Crippen molar-refractivity contribution in [3.8, 4) is 6.07 Å². The van der Waals surface area contributed by atoms with Gasteiger partial charge in [-0.25, -0.2) is 4.39 Å². The van der Waals surface area contributed by atoms with Gasteiger partial charge in [-0.3, -0.25) is 9.80 Å². The zero-order valence-corrected chi connectivity index (χ0v) is 18.0. The molecule has 0 radical (unpaired) electrons. The molecule has 1 spiro atoms. The molecular weight excluding hydrogens is 405 g/mol. The van der Waals surface area contributed by atoms with Gasteiger partial charge < -0.3 is 9.84 Å². The Hall–Kier alpha value is -2.56. The van der Waals surface area contributed by atoms with Gasteiger partial charge in [0.25, 0.3) is 0 Å². The van der Waals surface area contributed by atoms with Gasteiger partial charge in [0.05, 0.1) is 23.3 Å². The molecule has 32 heavy (non-hydrogen) atoms. The van der Waals surface area contributed by atoms with Crippen molar-refractivity contribution in [2.24, 2.45) is 11.8 Å². The summed E-state index contributed by atoms with van der Waals surface area (Å²) in [6.07, 6.45) is 4.19. The summed E-state index contributed by atoms with van der Waals surface area (Å²) in [5.41, 5.74) is 2.54. The third-order valence-corrected chi connectivity index (χ3v) is 7.15. The second kappa shape index (κ2) is 8.76. The number of benzene rings is 2. The average molecular weight is 434 g/mol. The molecule has 0 saturated carbocycles. The maximum absolute atomic E-state index is 13.1. The Morgan fingerprint density at radius 2 is 1.97 bits per heavy atom. The van der Waals surface area contributed by atoms with Crippen molar-refractivity contribution < 1.29 is 14.2 Å². The van der Waals surface area contributed by atoms with Crippen LogP contribution in [-0.2, 0) is 11.3 Å². The highest BCUT2D eigenvalue weighted by molar-refractivity contribution is 5.49. The van der Waals surface area contributed by atoms with Crippen molar-refractivity contribution in [3.63, 3.8) is 0 Å². The first-order valence-corrected chi connectivity index (χ1v) is 11.2. The minimum absolute atomic E-state index is 0.0507. The SMILES string of the molecule is N#Cc1cccc(CN2C[C@H]3O[C@@]4(CN(C/C=C/c5ccc(F)cc5)C[C@@H]4[C@@H]3CO)C2)c1. The maximum Gasteiger partial charge on any atom is 0.123 e. The van der Waals surface area contributed by atoms with E-state index in [1.165, 1.54) is 12.1 Å². The molecule has 2 bridgehead atoms. The van der Waals surface area contributed by atoms with Crippen molar-refractivity contribution in [1.29, 1.82) is 5.26 Å². The van der Waals surface area contributed by atoms with Crippen LogP contribution >= 0.6 is 0 Å². The monoisotopic (exact) mass is 433 g/mol. The second-order valence-electron chi connectivity index (χ2n) is 9.30. The van der Waals surface area contributed by atoms with Gasteiger partial charge >= 0.3 is 0 Å². The molecule has 1 N–H and O–H groups in total. The number of halogens is 1. The molecule has 0 aromatic heterocycles. The van der Waals surface area contributed by atoms with Crippen molar-refractivity contribution in [3.05, 3.63) is 77.1 Å². The van der Waals surface area contributed by atoms with E-state index in [1.54, 1.807) is 12.1 Å². The number of nitrogens with zero attached hydrogens (tertiary/aromatic N) is 3. The molecule has 0 aliphatic carbocycles. The molecule has 3 saturated heterocycles. The van der Waals surface area contributed by atoms with Crippen LogP contribution in [0.4, 0.5) is 4.39 Å². The van der Waals surface area contributed by atoms with Crippen LogP contribution in [0.25, 0.3) is 6.08 Å². The van der Waals surface area contributed by atoms with Gasteiger partial charge in [-0.05, 0) is 35.4 Å². The first kappa shape index (κ1) is 21.3. The third-order valence-electron chi connectivity index (χ3n) is 7.15. The number of likely N-dealkylation sites (tertiary alicyclic amines) is 2. The molecule has 3 aliphatic rings. The van der Waals surface area contributed by atoms with Gasteiger partial charge in [-0.15, -0.1) is 0 Å². The van der Waals surface area contributed by atoms with Gasteiger partial charge in [-0.2, -0.15) is 5.26 Å². The summed E-state index contributed by atoms with van der Waals surface area (Å²) < 4.78 is 19.7. The highest BCUT2D eigenvalue weighted by Crippen LogP contribution is 2.49. The molecule has 2 aromatic rings. The lowest BCUT2D eigenvalue weighted by Gasteiger charge is -2.40. The first-order chi connectivity index (χ1) is 15.6. The Balaban J connectivity index is 1.27. The summed E-state index contributed by atoms with van der Waals surface area (Å²) in [4.78, 5) is 4.81. The van der Waals surface area contributed by atoms with Crippen LogP contribution in [0.3, 0.4) is 0 Å². The lowest BCUT2D eigenvalue weighted by molar-refractivity contribution is -0.119. The lowest BCUT2D eigenvalue weighted by atomic mass is 9.83. The number of ether oxygens (including phenoxy) is 1. The fraction of sp³-hybridized carbons (Fsp3) is 0.423. The molecule has 166 valence electrons. The van der Waals surface area contributed by atoms with E-state index in [9.17, 15) is 14.8 Å². The van der Waals surface area contributed by atoms with Crippen LogP contribution in [0.1, 0.15) is 16.7 Å². The highest BCUT2D eigenvalue weighted by atomic mass is 19.1. The summed E-state index contributed by atoms with van der Waals surface area (Å²) in [7, 11) is 0. The van der Waals surface area contributed by atoms with E-state index in [-0.39, 0.29) is 30.0 Å². The molecule has 6 heteroatoms. The second-order valence-corrected chi connectivity index (χ2v) is 9.30. The van der Waals surface area contributed by atoms with Gasteiger partial charge in [-0.1, -0.05) is 36.4 Å². The van der Waals surface area contributed by atoms with Crippen molar-refractivity contribution >= 4 is 6.08 Å². The Morgan fingerprint density at radius 1 is 1.16 bits per heavy atom. The molecule has 3 fully saturated rings. The van der Waals surface area contributed by atoms with E-state index < -0.39 is 0 Å². The summed E-state index contributed by atoms with van der Waals surface area (Å²) in [6.45, 7) is 5.12. The van der Waals surface area contributed by atoms with Crippen LogP contribution in [0.2, 0.25) is 0 Å². The predicted molar refractivity (Wildman–Crippen MR) is 120 cm³/mol. The van der Waals surface area contributed by atoms with Crippen LogP contribution < -0.4 is 0 Å². The normalized spacial score (nSPS) is 30.0. The quantitative estimate of drug-likeness (QED) is 0.759. The van der Waals surface area contributed by atoms with Gasteiger partial charge in [0.15, 0.2) is 0 Å². The van der Waals surface area contributed by atoms with E-state index in [2.05, 4.69) is 28.0 Å². The summed E-state index contributed by atoms with van der Waals surface area (Å²) in [5.74, 6) is 0.236. The molecule has 4 atom stereocenters. The average Bonchev–Trinajstić information content (AvgIpc) is 3.22. The lowest BCUT2D eigenvalue weighted by Crippen LogP contribution is -2.53. The van der Waals surface area contributed by atoms with Crippen LogP contribution in [0.5, 0.6) is 0 Å². The number of aliphatic hydroxyl groups excluding tert-OH is 1. The predicted octanol–water partition coefficient (Wildman–Crippen LogP) is 2.90. The van der Waals surface area contributed by atoms with E-state index in [0.29, 0.717) is 11.5 Å². The van der Waals surface area contributed by atoms with Gasteiger partial charge in [0.1, 0.15) is 5.82 Å². The molecule has 5 nitrogen and oxygen atoms in total. The summed E-state index contributed by atoms with van der Waals surface area (Å²) >= 11 is 0. The Morgan fingerprint density at radius 3 is 2.75 bits per heavy atom. The number of fused-ring (bicyclic) bond motifs is 1. The topological polar surface area (TPSA) is 59.7 Å². The fourth-order valence-electron chi connectivity index (χ4n) is 5.79. The Labute approximate surface area is 188 Å². The van der Waals surface area contributed by atoms with E-state index in [0.717, 1.165) is 50.4 Å². The first-order valence-electron chi connectivity index (χ1n) is 11.2. The summed E-state index contributed by atoms with van der Waals surface area (Å²) in [6, 6.07) is 16.5. The number of rotatable bonds is 6. The number of morpholine rings is 1. The molecule has 3 aliphatic heterocycles. The van der Waals surface area contributed by atoms with Crippen LogP contribution in [0.15, 0.2) is 54.6 Å². The van der Waals surface area contributed by atoms with Crippen molar-refractivity contribution in [2.75, 3.05) is 39.3 Å². The molecular formula is C26H28FN3O2. The van der Waals surface area contributed by atoms with Crippen LogP contribution in [-0.4, -0.2) is 65.9 Å². The number of hydrogen-bond donors (Lipinski definition) is 1.